The summed E-state index contributed by atoms with van der Waals surface area (Å²) in [5.41, 5.74) is 5.74. The van der Waals surface area contributed by atoms with Gasteiger partial charge in [-0.25, -0.2) is 4.68 Å². The molecule has 2 rings (SSSR count). The predicted octanol–water partition coefficient (Wildman–Crippen LogP) is 1.06. The van der Waals surface area contributed by atoms with Crippen LogP contribution in [0.5, 0.6) is 0 Å². The van der Waals surface area contributed by atoms with Gasteiger partial charge in [0.2, 0.25) is 5.16 Å². The second kappa shape index (κ2) is 4.73. The van der Waals surface area contributed by atoms with Crippen molar-refractivity contribution in [2.75, 3.05) is 6.54 Å². The Kier molecular flexibility index (Phi) is 3.34. The van der Waals surface area contributed by atoms with Gasteiger partial charge < -0.3 is 5.73 Å². The van der Waals surface area contributed by atoms with Gasteiger partial charge in [0, 0.05) is 18.5 Å². The molecule has 0 saturated heterocycles. The zero-order valence-corrected chi connectivity index (χ0v) is 9.83. The quantitative estimate of drug-likeness (QED) is 0.811. The number of thiophene rings is 1. The first-order valence-electron chi connectivity index (χ1n) is 4.43. The smallest absolute Gasteiger partial charge is 0.209 e. The summed E-state index contributed by atoms with van der Waals surface area (Å²) in [5, 5.41) is 14.4. The number of nitrogens with zero attached hydrogens (tertiary/aromatic N) is 4. The molecule has 0 amide bonds. The highest BCUT2D eigenvalue weighted by molar-refractivity contribution is 7.99. The molecule has 5 nitrogen and oxygen atoms in total. The van der Waals surface area contributed by atoms with Crippen molar-refractivity contribution in [1.82, 2.24) is 20.2 Å². The van der Waals surface area contributed by atoms with Gasteiger partial charge in [-0.15, -0.1) is 16.4 Å². The summed E-state index contributed by atoms with van der Waals surface area (Å²) in [5.74, 6) is 0. The number of thioether (sulfide) groups is 1. The van der Waals surface area contributed by atoms with Gasteiger partial charge in [-0.05, 0) is 21.9 Å². The van der Waals surface area contributed by atoms with Gasteiger partial charge in [0.15, 0.2) is 0 Å². The summed E-state index contributed by atoms with van der Waals surface area (Å²) in [7, 11) is 1.82. The number of nitrogens with two attached hydrogens (primary N) is 1. The van der Waals surface area contributed by atoms with E-state index < -0.39 is 0 Å². The van der Waals surface area contributed by atoms with Crippen LogP contribution in [0.15, 0.2) is 22.7 Å². The molecule has 80 valence electrons. The number of hydrogen-bond donors (Lipinski definition) is 1. The zero-order valence-electron chi connectivity index (χ0n) is 8.20. The molecular formula is C8H11N5S2. The molecule has 2 aromatic rings. The van der Waals surface area contributed by atoms with E-state index in [4.69, 9.17) is 5.73 Å². The lowest BCUT2D eigenvalue weighted by atomic mass is 10.3. The Balaban J connectivity index is 2.13. The normalized spacial score (nSPS) is 12.9. The fourth-order valence-corrected chi connectivity index (χ4v) is 2.99. The van der Waals surface area contributed by atoms with Crippen LogP contribution >= 0.6 is 23.1 Å². The van der Waals surface area contributed by atoms with Crippen molar-refractivity contribution < 1.29 is 0 Å². The number of aryl methyl sites for hydroxylation is 1. The molecule has 0 bridgehead atoms. The first kappa shape index (κ1) is 10.6. The van der Waals surface area contributed by atoms with Gasteiger partial charge in [0.1, 0.15) is 0 Å². The van der Waals surface area contributed by atoms with Crippen LogP contribution in [0.4, 0.5) is 0 Å². The zero-order chi connectivity index (χ0) is 10.7. The van der Waals surface area contributed by atoms with E-state index in [2.05, 4.69) is 21.6 Å². The number of rotatable bonds is 4. The van der Waals surface area contributed by atoms with E-state index in [1.807, 2.05) is 18.5 Å². The Bertz CT molecular complexity index is 410. The van der Waals surface area contributed by atoms with E-state index in [0.29, 0.717) is 6.54 Å². The van der Waals surface area contributed by atoms with Crippen molar-refractivity contribution in [3.05, 3.63) is 22.4 Å². The van der Waals surface area contributed by atoms with Crippen molar-refractivity contribution >= 4 is 23.1 Å². The van der Waals surface area contributed by atoms with Crippen LogP contribution in [0.25, 0.3) is 0 Å². The van der Waals surface area contributed by atoms with Crippen LogP contribution in [0.1, 0.15) is 10.1 Å². The maximum absolute atomic E-state index is 5.74. The molecule has 0 saturated carbocycles. The molecule has 1 atom stereocenters. The monoisotopic (exact) mass is 241 g/mol. The molecule has 15 heavy (non-hydrogen) atoms. The molecule has 1 unspecified atom stereocenters. The third-order valence-electron chi connectivity index (χ3n) is 1.90. The van der Waals surface area contributed by atoms with Crippen LogP contribution in [0.3, 0.4) is 0 Å². The summed E-state index contributed by atoms with van der Waals surface area (Å²) in [6.07, 6.45) is 0. The lowest BCUT2D eigenvalue weighted by molar-refractivity contribution is 0.663. The van der Waals surface area contributed by atoms with E-state index in [1.165, 1.54) is 4.88 Å². The molecule has 2 N–H and O–H groups in total. The third-order valence-corrected chi connectivity index (χ3v) is 4.33. The maximum atomic E-state index is 5.74. The Morgan fingerprint density at radius 3 is 3.07 bits per heavy atom. The van der Waals surface area contributed by atoms with E-state index in [9.17, 15) is 0 Å². The van der Waals surface area contributed by atoms with Gasteiger partial charge >= 0.3 is 0 Å². The van der Waals surface area contributed by atoms with Gasteiger partial charge in [-0.1, -0.05) is 17.8 Å². The first-order valence-corrected chi connectivity index (χ1v) is 6.19. The average molecular weight is 241 g/mol. The molecule has 0 aromatic carbocycles. The van der Waals surface area contributed by atoms with Gasteiger partial charge in [-0.2, -0.15) is 0 Å². The summed E-state index contributed by atoms with van der Waals surface area (Å²) in [4.78, 5) is 1.26. The Hall–Kier alpha value is -0.920. The lowest BCUT2D eigenvalue weighted by Gasteiger charge is -2.10. The van der Waals surface area contributed by atoms with Gasteiger partial charge in [-0.3, -0.25) is 0 Å². The summed E-state index contributed by atoms with van der Waals surface area (Å²) >= 11 is 3.30. The van der Waals surface area contributed by atoms with E-state index in [1.54, 1.807) is 27.8 Å². The minimum absolute atomic E-state index is 0.231. The molecular weight excluding hydrogens is 230 g/mol. The molecule has 2 heterocycles. The predicted molar refractivity (Wildman–Crippen MR) is 60.8 cm³/mol. The minimum atomic E-state index is 0.231. The minimum Gasteiger partial charge on any atom is -0.329 e. The summed E-state index contributed by atoms with van der Waals surface area (Å²) in [6.45, 7) is 0.581. The SMILES string of the molecule is Cn1nnnc1SC(CN)c1cccs1. The van der Waals surface area contributed by atoms with Gasteiger partial charge in [0.25, 0.3) is 0 Å². The molecule has 0 aliphatic rings. The standard InChI is InChI=1S/C8H11N5S2/c1-13-8(10-11-12-13)15-7(5-9)6-3-2-4-14-6/h2-4,7H,5,9H2,1H3. The highest BCUT2D eigenvalue weighted by Gasteiger charge is 2.15. The molecule has 0 aliphatic heterocycles. The molecule has 0 spiro atoms. The third kappa shape index (κ3) is 2.36. The second-order valence-electron chi connectivity index (χ2n) is 2.94. The van der Waals surface area contributed by atoms with Crippen LogP contribution < -0.4 is 5.73 Å². The Labute approximate surface area is 95.7 Å². The first-order chi connectivity index (χ1) is 7.31. The lowest BCUT2D eigenvalue weighted by Crippen LogP contribution is -2.09. The van der Waals surface area contributed by atoms with Crippen LogP contribution in [-0.2, 0) is 7.05 Å². The van der Waals surface area contributed by atoms with Crippen LogP contribution in [-0.4, -0.2) is 26.8 Å². The fourth-order valence-electron chi connectivity index (χ4n) is 1.15. The van der Waals surface area contributed by atoms with Crippen LogP contribution in [0, 0.1) is 0 Å². The highest BCUT2D eigenvalue weighted by atomic mass is 32.2. The van der Waals surface area contributed by atoms with E-state index in [0.717, 1.165) is 5.16 Å². The second-order valence-corrected chi connectivity index (χ2v) is 5.09. The number of aromatic nitrogens is 4. The molecule has 0 aliphatic carbocycles. The van der Waals surface area contributed by atoms with E-state index in [-0.39, 0.29) is 5.25 Å². The van der Waals surface area contributed by atoms with Crippen molar-refractivity contribution in [2.45, 2.75) is 10.4 Å². The largest absolute Gasteiger partial charge is 0.329 e. The van der Waals surface area contributed by atoms with Crippen molar-refractivity contribution in [1.29, 1.82) is 0 Å². The molecule has 0 fully saturated rings. The van der Waals surface area contributed by atoms with Crippen LogP contribution in [0.2, 0.25) is 0 Å². The molecule has 2 aromatic heterocycles. The van der Waals surface area contributed by atoms with Crippen molar-refractivity contribution in [3.8, 4) is 0 Å². The average Bonchev–Trinajstić information content (AvgIpc) is 2.86. The summed E-state index contributed by atoms with van der Waals surface area (Å²) < 4.78 is 1.65. The number of hydrogen-bond acceptors (Lipinski definition) is 6. The fraction of sp³-hybridized carbons (Fsp3) is 0.375. The Morgan fingerprint density at radius 1 is 1.67 bits per heavy atom. The molecule has 0 radical (unpaired) electrons. The van der Waals surface area contributed by atoms with Crippen molar-refractivity contribution in [2.24, 2.45) is 12.8 Å². The van der Waals surface area contributed by atoms with Crippen molar-refractivity contribution in [3.63, 3.8) is 0 Å². The summed E-state index contributed by atoms with van der Waals surface area (Å²) in [6, 6.07) is 4.11. The topological polar surface area (TPSA) is 69.6 Å². The highest BCUT2D eigenvalue weighted by Crippen LogP contribution is 2.34. The molecule has 7 heteroatoms. The van der Waals surface area contributed by atoms with Gasteiger partial charge in [0.05, 0.1) is 5.25 Å². The Morgan fingerprint density at radius 2 is 2.53 bits per heavy atom. The number of tetrazole rings is 1. The maximum Gasteiger partial charge on any atom is 0.209 e. The van der Waals surface area contributed by atoms with E-state index >= 15 is 0 Å².